The number of likely N-dealkylation sites (tertiary alicyclic amines) is 1. The molecule has 1 aliphatic heterocycles. The second-order valence-electron chi connectivity index (χ2n) is 8.63. The zero-order valence-electron chi connectivity index (χ0n) is 19.4. The average Bonchev–Trinajstić information content (AvgIpc) is 3.28. The van der Waals surface area contributed by atoms with Crippen molar-refractivity contribution < 1.29 is 14.5 Å². The first-order valence-electron chi connectivity index (χ1n) is 11.6. The number of nitrogens with one attached hydrogen (secondary N) is 1. The molecule has 6 nitrogen and oxygen atoms in total. The van der Waals surface area contributed by atoms with Crippen LogP contribution in [0.25, 0.3) is 0 Å². The summed E-state index contributed by atoms with van der Waals surface area (Å²) in [6, 6.07) is 20.2. The number of halogens is 1. The summed E-state index contributed by atoms with van der Waals surface area (Å²) in [7, 11) is 1.84. The Morgan fingerprint density at radius 3 is 2.44 bits per heavy atom. The highest BCUT2D eigenvalue weighted by Gasteiger charge is 2.31. The van der Waals surface area contributed by atoms with Crippen molar-refractivity contribution in [3.63, 3.8) is 0 Å². The minimum Gasteiger partial charge on any atom is -0.347 e. The third-order valence-electron chi connectivity index (χ3n) is 6.23. The summed E-state index contributed by atoms with van der Waals surface area (Å²) >= 11 is 0. The molecular formula is C27H31FN5O+. The Morgan fingerprint density at radius 1 is 1.09 bits per heavy atom. The van der Waals surface area contributed by atoms with Crippen LogP contribution in [0.4, 0.5) is 10.1 Å². The average molecular weight is 461 g/mol. The van der Waals surface area contributed by atoms with Crippen molar-refractivity contribution in [3.05, 3.63) is 102 Å². The number of benzene rings is 2. The van der Waals surface area contributed by atoms with E-state index < -0.39 is 0 Å². The Hall–Kier alpha value is -3.55. The molecule has 7 heteroatoms. The molecule has 3 aromatic rings. The highest BCUT2D eigenvalue weighted by atomic mass is 19.1. The van der Waals surface area contributed by atoms with Crippen LogP contribution in [0.3, 0.4) is 0 Å². The standard InChI is InChI=1S/C27H30FN5O/c1-31-17-5-8-25(31)27(34)33(26(29)13-16-30-23-11-9-22(28)10-12-23)24-14-18-32(19-15-24)20-21-6-3-2-4-7-21/h2-13,16-17,24,29-30H,14-15,18-20H2,1H3/p+1/b16-13-,29-26?. The number of piperidine rings is 1. The molecule has 0 aliphatic carbocycles. The van der Waals surface area contributed by atoms with Gasteiger partial charge in [-0.15, -0.1) is 0 Å². The van der Waals surface area contributed by atoms with Crippen molar-refractivity contribution in [3.8, 4) is 0 Å². The number of nitrogens with zero attached hydrogens (tertiary/aromatic N) is 3. The van der Waals surface area contributed by atoms with Crippen LogP contribution in [-0.2, 0) is 13.6 Å². The summed E-state index contributed by atoms with van der Waals surface area (Å²) in [5.41, 5.74) is 2.68. The molecule has 0 spiro atoms. The highest BCUT2D eigenvalue weighted by molar-refractivity contribution is 6.08. The zero-order chi connectivity index (χ0) is 23.9. The maximum atomic E-state index is 13.5. The molecule has 1 fully saturated rings. The number of amides is 1. The number of rotatable bonds is 7. The molecule has 0 radical (unpaired) electrons. The van der Waals surface area contributed by atoms with E-state index in [-0.39, 0.29) is 23.6 Å². The van der Waals surface area contributed by atoms with E-state index in [2.05, 4.69) is 29.2 Å². The maximum Gasteiger partial charge on any atom is 0.276 e. The minimum atomic E-state index is -0.285. The number of aryl methyl sites for hydroxylation is 1. The minimum absolute atomic E-state index is 0.0441. The first-order valence-corrected chi connectivity index (χ1v) is 11.6. The monoisotopic (exact) mass is 460 g/mol. The van der Waals surface area contributed by atoms with Crippen molar-refractivity contribution in [2.24, 2.45) is 7.05 Å². The van der Waals surface area contributed by atoms with Gasteiger partial charge in [-0.05, 0) is 42.7 Å². The van der Waals surface area contributed by atoms with E-state index in [0.29, 0.717) is 5.69 Å². The van der Waals surface area contributed by atoms with Gasteiger partial charge in [0.1, 0.15) is 29.2 Å². The number of hydrogen-bond acceptors (Lipinski definition) is 3. The van der Waals surface area contributed by atoms with Crippen LogP contribution in [0.15, 0.2) is 85.2 Å². The molecule has 1 aliphatic rings. The van der Waals surface area contributed by atoms with E-state index >= 15 is 0 Å². The van der Waals surface area contributed by atoms with Crippen LogP contribution in [0.1, 0.15) is 28.9 Å². The van der Waals surface area contributed by atoms with Gasteiger partial charge in [0, 0.05) is 57.1 Å². The molecule has 2 heterocycles. The Balaban J connectivity index is 1.45. The molecule has 2 aromatic carbocycles. The van der Waals surface area contributed by atoms with Crippen LogP contribution < -0.4 is 5.32 Å². The smallest absolute Gasteiger partial charge is 0.276 e. The molecular weight excluding hydrogens is 429 g/mol. The maximum absolute atomic E-state index is 13.5. The first kappa shape index (κ1) is 23.6. The fourth-order valence-electron chi connectivity index (χ4n) is 4.36. The van der Waals surface area contributed by atoms with Crippen LogP contribution in [0.2, 0.25) is 0 Å². The Kier molecular flexibility index (Phi) is 7.67. The quantitative estimate of drug-likeness (QED) is 0.321. The lowest BCUT2D eigenvalue weighted by Gasteiger charge is -2.38. The topological polar surface area (TPSA) is 68.9 Å². The van der Waals surface area contributed by atoms with E-state index in [1.807, 2.05) is 30.7 Å². The summed E-state index contributed by atoms with van der Waals surface area (Å²) in [5.74, 6) is -0.289. The zero-order valence-corrected chi connectivity index (χ0v) is 19.4. The van der Waals surface area contributed by atoms with E-state index in [9.17, 15) is 9.18 Å². The number of quaternary nitrogens is 1. The molecule has 0 saturated carbocycles. The lowest BCUT2D eigenvalue weighted by Crippen LogP contribution is -2.71. The van der Waals surface area contributed by atoms with E-state index in [0.717, 1.165) is 38.2 Å². The molecule has 1 amide bonds. The van der Waals surface area contributed by atoms with Crippen molar-refractivity contribution in [1.29, 1.82) is 5.41 Å². The van der Waals surface area contributed by atoms with E-state index in [1.165, 1.54) is 17.7 Å². The van der Waals surface area contributed by atoms with Gasteiger partial charge < -0.3 is 4.57 Å². The van der Waals surface area contributed by atoms with Gasteiger partial charge in [-0.2, -0.15) is 0 Å². The van der Waals surface area contributed by atoms with Gasteiger partial charge >= 0.3 is 0 Å². The van der Waals surface area contributed by atoms with Crippen LogP contribution >= 0.6 is 0 Å². The van der Waals surface area contributed by atoms with Gasteiger partial charge in [0.25, 0.3) is 5.91 Å². The summed E-state index contributed by atoms with van der Waals surface area (Å²) in [5, 5.41) is 10.5. The van der Waals surface area contributed by atoms with Gasteiger partial charge in [0.15, 0.2) is 0 Å². The van der Waals surface area contributed by atoms with Crippen molar-refractivity contribution >= 4 is 17.4 Å². The lowest BCUT2D eigenvalue weighted by atomic mass is 10.0. The van der Waals surface area contributed by atoms with Gasteiger partial charge in [-0.1, -0.05) is 30.3 Å². The van der Waals surface area contributed by atoms with Crippen LogP contribution in [0, 0.1) is 11.2 Å². The fourth-order valence-corrected chi connectivity index (χ4v) is 4.36. The summed E-state index contributed by atoms with van der Waals surface area (Å²) < 4.78 is 14.9. The normalized spacial score (nSPS) is 15.0. The van der Waals surface area contributed by atoms with Crippen molar-refractivity contribution in [2.75, 3.05) is 13.1 Å². The lowest BCUT2D eigenvalue weighted by molar-refractivity contribution is -0.496. The molecule has 176 valence electrons. The fraction of sp³-hybridized carbons (Fsp3) is 0.259. The van der Waals surface area contributed by atoms with Gasteiger partial charge in [0.05, 0.1) is 0 Å². The van der Waals surface area contributed by atoms with Gasteiger partial charge in [0.2, 0.25) is 0 Å². The number of amidine groups is 1. The van der Waals surface area contributed by atoms with Gasteiger partial charge in [-0.25, -0.2) is 4.39 Å². The molecule has 34 heavy (non-hydrogen) atoms. The molecule has 4 rings (SSSR count). The van der Waals surface area contributed by atoms with Crippen LogP contribution in [-0.4, -0.2) is 45.2 Å². The Morgan fingerprint density at radius 2 is 1.79 bits per heavy atom. The van der Waals surface area contributed by atoms with Gasteiger partial charge in [-0.3, -0.25) is 25.3 Å². The molecule has 3 N–H and O–H groups in total. The SMILES string of the molecule is Cn1cccc1C(=O)N(C(=N)/C=C\[NH2+]c1ccc(F)cc1)C1CCN(Cc2ccccc2)CC1. The Bertz CT molecular complexity index is 1130. The summed E-state index contributed by atoms with van der Waals surface area (Å²) in [6.07, 6.45) is 6.84. The van der Waals surface area contributed by atoms with Crippen molar-refractivity contribution in [1.82, 2.24) is 14.4 Å². The molecule has 1 saturated heterocycles. The number of carbonyl (C=O) groups excluding carboxylic acids is 1. The largest absolute Gasteiger partial charge is 0.347 e. The molecule has 0 unspecified atom stereocenters. The number of nitrogens with two attached hydrogens (primary N) is 1. The summed E-state index contributed by atoms with van der Waals surface area (Å²) in [6.45, 7) is 2.63. The van der Waals surface area contributed by atoms with E-state index in [1.54, 1.807) is 39.9 Å². The third-order valence-corrected chi connectivity index (χ3v) is 6.23. The third kappa shape index (κ3) is 5.87. The highest BCUT2D eigenvalue weighted by Crippen LogP contribution is 2.21. The second kappa shape index (κ2) is 11.0. The molecule has 0 bridgehead atoms. The molecule has 0 atom stereocenters. The molecule has 1 aromatic heterocycles. The Labute approximate surface area is 199 Å². The van der Waals surface area contributed by atoms with E-state index in [4.69, 9.17) is 5.41 Å². The summed E-state index contributed by atoms with van der Waals surface area (Å²) in [4.78, 5) is 17.5. The number of hydrogen-bond donors (Lipinski definition) is 2. The number of aromatic nitrogens is 1. The van der Waals surface area contributed by atoms with Crippen molar-refractivity contribution in [2.45, 2.75) is 25.4 Å². The predicted octanol–water partition coefficient (Wildman–Crippen LogP) is 3.66. The number of carbonyl (C=O) groups is 1. The second-order valence-corrected chi connectivity index (χ2v) is 8.63. The van der Waals surface area contributed by atoms with Crippen LogP contribution in [0.5, 0.6) is 0 Å². The predicted molar refractivity (Wildman–Crippen MR) is 131 cm³/mol. The first-order chi connectivity index (χ1) is 16.5.